The Balaban J connectivity index is 1.73. The van der Waals surface area contributed by atoms with Crippen LogP contribution in [0.5, 0.6) is 11.5 Å². The van der Waals surface area contributed by atoms with Crippen LogP contribution in [-0.2, 0) is 4.79 Å². The molecular weight excluding hydrogens is 396 g/mol. The van der Waals surface area contributed by atoms with Crippen LogP contribution in [0.1, 0.15) is 18.7 Å². The standard InChI is InChI=1S/C21H21ClN2O3S/c1-13-18(14-5-9-16(26-4)10-6-14)23-20(28-13)24-19(25)21(2,3)27-17-11-7-15(22)8-12-17/h5-12H,1-4H3,(H,23,24,25). The van der Waals surface area contributed by atoms with E-state index in [-0.39, 0.29) is 5.91 Å². The molecule has 3 rings (SSSR count). The molecule has 0 aliphatic rings. The molecule has 0 spiro atoms. The number of anilines is 1. The second-order valence-corrected chi connectivity index (χ2v) is 8.31. The minimum absolute atomic E-state index is 0.280. The summed E-state index contributed by atoms with van der Waals surface area (Å²) in [5.41, 5.74) is 0.722. The zero-order chi connectivity index (χ0) is 20.3. The number of methoxy groups -OCH3 is 1. The number of halogens is 1. The smallest absolute Gasteiger partial charge is 0.269 e. The Morgan fingerprint density at radius 2 is 1.68 bits per heavy atom. The average molecular weight is 417 g/mol. The lowest BCUT2D eigenvalue weighted by Crippen LogP contribution is -2.42. The lowest BCUT2D eigenvalue weighted by molar-refractivity contribution is -0.128. The molecule has 1 N–H and O–H groups in total. The molecule has 0 unspecified atom stereocenters. The van der Waals surface area contributed by atoms with Gasteiger partial charge in [-0.05, 0) is 69.3 Å². The number of benzene rings is 2. The molecule has 0 radical (unpaired) electrons. The van der Waals surface area contributed by atoms with E-state index < -0.39 is 5.60 Å². The van der Waals surface area contributed by atoms with Gasteiger partial charge in [0, 0.05) is 15.5 Å². The van der Waals surface area contributed by atoms with Crippen molar-refractivity contribution in [2.75, 3.05) is 12.4 Å². The number of nitrogens with one attached hydrogen (secondary N) is 1. The molecule has 0 bridgehead atoms. The first-order chi connectivity index (χ1) is 13.3. The molecule has 7 heteroatoms. The summed E-state index contributed by atoms with van der Waals surface area (Å²) in [7, 11) is 1.63. The number of amides is 1. The Morgan fingerprint density at radius 1 is 1.07 bits per heavy atom. The van der Waals surface area contributed by atoms with Crippen molar-refractivity contribution in [2.24, 2.45) is 0 Å². The first kappa shape index (κ1) is 20.2. The summed E-state index contributed by atoms with van der Waals surface area (Å²) >= 11 is 7.31. The number of hydrogen-bond donors (Lipinski definition) is 1. The van der Waals surface area contributed by atoms with Gasteiger partial charge in [-0.25, -0.2) is 4.98 Å². The van der Waals surface area contributed by atoms with Gasteiger partial charge in [0.25, 0.3) is 5.91 Å². The zero-order valence-corrected chi connectivity index (χ0v) is 17.6. The van der Waals surface area contributed by atoms with Crippen LogP contribution in [0.3, 0.4) is 0 Å². The van der Waals surface area contributed by atoms with E-state index in [1.54, 1.807) is 45.2 Å². The van der Waals surface area contributed by atoms with Crippen molar-refractivity contribution < 1.29 is 14.3 Å². The number of ether oxygens (including phenoxy) is 2. The molecule has 146 valence electrons. The van der Waals surface area contributed by atoms with Gasteiger partial charge in [0.05, 0.1) is 12.8 Å². The Bertz CT molecular complexity index is 966. The van der Waals surface area contributed by atoms with Crippen LogP contribution in [0.15, 0.2) is 48.5 Å². The molecule has 1 aromatic heterocycles. The highest BCUT2D eigenvalue weighted by molar-refractivity contribution is 7.16. The summed E-state index contributed by atoms with van der Waals surface area (Å²) in [5.74, 6) is 1.07. The highest BCUT2D eigenvalue weighted by Gasteiger charge is 2.31. The van der Waals surface area contributed by atoms with Crippen LogP contribution in [0, 0.1) is 6.92 Å². The number of carbonyl (C=O) groups is 1. The van der Waals surface area contributed by atoms with Crippen molar-refractivity contribution >= 4 is 34.0 Å². The number of rotatable bonds is 6. The normalized spacial score (nSPS) is 11.2. The topological polar surface area (TPSA) is 60.5 Å². The minimum Gasteiger partial charge on any atom is -0.497 e. The fraction of sp³-hybridized carbons (Fsp3) is 0.238. The summed E-state index contributed by atoms with van der Waals surface area (Å²) < 4.78 is 11.0. The van der Waals surface area contributed by atoms with Gasteiger partial charge in [-0.1, -0.05) is 11.6 Å². The van der Waals surface area contributed by atoms with Crippen molar-refractivity contribution in [3.05, 3.63) is 58.4 Å². The van der Waals surface area contributed by atoms with E-state index in [0.717, 1.165) is 21.9 Å². The average Bonchev–Trinajstić information content (AvgIpc) is 3.03. The Hall–Kier alpha value is -2.57. The number of aryl methyl sites for hydroxylation is 1. The minimum atomic E-state index is -1.08. The summed E-state index contributed by atoms with van der Waals surface area (Å²) in [6, 6.07) is 14.6. The third kappa shape index (κ3) is 4.64. The fourth-order valence-corrected chi connectivity index (χ4v) is 3.51. The van der Waals surface area contributed by atoms with Crippen LogP contribution in [0.4, 0.5) is 5.13 Å². The largest absolute Gasteiger partial charge is 0.497 e. The quantitative estimate of drug-likeness (QED) is 0.570. The molecule has 5 nitrogen and oxygen atoms in total. The molecule has 2 aromatic carbocycles. The third-order valence-electron chi connectivity index (χ3n) is 4.11. The molecule has 0 fully saturated rings. The Kier molecular flexibility index (Phi) is 5.91. The molecule has 0 saturated heterocycles. The van der Waals surface area contributed by atoms with Crippen LogP contribution in [-0.4, -0.2) is 23.6 Å². The maximum absolute atomic E-state index is 12.7. The number of hydrogen-bond acceptors (Lipinski definition) is 5. The zero-order valence-electron chi connectivity index (χ0n) is 16.1. The molecule has 28 heavy (non-hydrogen) atoms. The molecular formula is C21H21ClN2O3S. The highest BCUT2D eigenvalue weighted by atomic mass is 35.5. The molecule has 3 aromatic rings. The van der Waals surface area contributed by atoms with Crippen LogP contribution in [0.25, 0.3) is 11.3 Å². The first-order valence-electron chi connectivity index (χ1n) is 8.66. The maximum Gasteiger partial charge on any atom is 0.269 e. The van der Waals surface area contributed by atoms with Crippen LogP contribution < -0.4 is 14.8 Å². The van der Waals surface area contributed by atoms with Gasteiger partial charge in [-0.15, -0.1) is 11.3 Å². The van der Waals surface area contributed by atoms with Crippen molar-refractivity contribution in [3.8, 4) is 22.8 Å². The van der Waals surface area contributed by atoms with Gasteiger partial charge in [-0.3, -0.25) is 10.1 Å². The van der Waals surface area contributed by atoms with Crippen molar-refractivity contribution in [1.82, 2.24) is 4.98 Å². The second-order valence-electron chi connectivity index (χ2n) is 6.67. The van der Waals surface area contributed by atoms with E-state index in [2.05, 4.69) is 10.3 Å². The van der Waals surface area contributed by atoms with Gasteiger partial charge in [0.1, 0.15) is 11.5 Å². The van der Waals surface area contributed by atoms with Gasteiger partial charge in [0.15, 0.2) is 10.7 Å². The Labute approximate surface area is 173 Å². The fourth-order valence-electron chi connectivity index (χ4n) is 2.56. The highest BCUT2D eigenvalue weighted by Crippen LogP contribution is 2.32. The predicted molar refractivity (Wildman–Crippen MR) is 114 cm³/mol. The number of nitrogens with zero attached hydrogens (tertiary/aromatic N) is 1. The summed E-state index contributed by atoms with van der Waals surface area (Å²) in [5, 5.41) is 4.00. The summed E-state index contributed by atoms with van der Waals surface area (Å²) in [6.07, 6.45) is 0. The summed E-state index contributed by atoms with van der Waals surface area (Å²) in [4.78, 5) is 18.3. The monoisotopic (exact) mass is 416 g/mol. The van der Waals surface area contributed by atoms with Gasteiger partial charge in [-0.2, -0.15) is 0 Å². The molecule has 0 atom stereocenters. The molecule has 1 amide bonds. The third-order valence-corrected chi connectivity index (χ3v) is 5.25. The number of thiazole rings is 1. The van der Waals surface area contributed by atoms with E-state index in [1.165, 1.54) is 11.3 Å². The maximum atomic E-state index is 12.7. The number of aromatic nitrogens is 1. The van der Waals surface area contributed by atoms with E-state index in [0.29, 0.717) is 15.9 Å². The first-order valence-corrected chi connectivity index (χ1v) is 9.86. The Morgan fingerprint density at radius 3 is 2.29 bits per heavy atom. The molecule has 0 aliphatic heterocycles. The number of carbonyl (C=O) groups excluding carboxylic acids is 1. The van der Waals surface area contributed by atoms with E-state index in [1.807, 2.05) is 31.2 Å². The van der Waals surface area contributed by atoms with Crippen LogP contribution in [0.2, 0.25) is 5.02 Å². The lowest BCUT2D eigenvalue weighted by atomic mass is 10.1. The van der Waals surface area contributed by atoms with E-state index >= 15 is 0 Å². The van der Waals surface area contributed by atoms with Crippen molar-refractivity contribution in [3.63, 3.8) is 0 Å². The summed E-state index contributed by atoms with van der Waals surface area (Å²) in [6.45, 7) is 5.39. The SMILES string of the molecule is COc1ccc(-c2nc(NC(=O)C(C)(C)Oc3ccc(Cl)cc3)sc2C)cc1. The van der Waals surface area contributed by atoms with Crippen molar-refractivity contribution in [1.29, 1.82) is 0 Å². The lowest BCUT2D eigenvalue weighted by Gasteiger charge is -2.24. The van der Waals surface area contributed by atoms with E-state index in [9.17, 15) is 4.79 Å². The van der Waals surface area contributed by atoms with E-state index in [4.69, 9.17) is 21.1 Å². The van der Waals surface area contributed by atoms with Gasteiger partial charge >= 0.3 is 0 Å². The predicted octanol–water partition coefficient (Wildman–Crippen LogP) is 5.58. The second kappa shape index (κ2) is 8.20. The molecule has 0 aliphatic carbocycles. The molecule has 0 saturated carbocycles. The van der Waals surface area contributed by atoms with Crippen LogP contribution >= 0.6 is 22.9 Å². The van der Waals surface area contributed by atoms with Crippen molar-refractivity contribution in [2.45, 2.75) is 26.4 Å². The molecule has 1 heterocycles. The van der Waals surface area contributed by atoms with Gasteiger partial charge < -0.3 is 9.47 Å². The van der Waals surface area contributed by atoms with Gasteiger partial charge in [0.2, 0.25) is 0 Å².